The Labute approximate surface area is 174 Å². The number of halogens is 2. The van der Waals surface area contributed by atoms with Crippen molar-refractivity contribution in [2.75, 3.05) is 6.54 Å². The SMILES string of the molecule is O=C1NCCCCC1N(Cc1ccc(Br)cc1)S(=O)(=O)c1ccc(Br)s1. The Morgan fingerprint density at radius 3 is 2.50 bits per heavy atom. The van der Waals surface area contributed by atoms with Gasteiger partial charge in [0, 0.05) is 17.6 Å². The normalized spacial score (nSPS) is 18.6. The number of hydrogen-bond donors (Lipinski definition) is 1. The predicted octanol–water partition coefficient (Wildman–Crippen LogP) is 4.13. The van der Waals surface area contributed by atoms with Crippen molar-refractivity contribution in [3.8, 4) is 0 Å². The standard InChI is InChI=1S/C17H18Br2N2O3S2/c18-13-6-4-12(5-7-13)11-21(14-3-1-2-10-20-17(14)22)26(23,24)16-9-8-15(19)25-16/h4-9,14H,1-3,10-11H2,(H,20,22). The number of nitrogens with one attached hydrogen (secondary N) is 1. The molecular formula is C17H18Br2N2O3S2. The molecule has 1 fully saturated rings. The molecule has 1 atom stereocenters. The quantitative estimate of drug-likeness (QED) is 0.643. The van der Waals surface area contributed by atoms with Gasteiger partial charge in [0.2, 0.25) is 5.91 Å². The molecule has 9 heteroatoms. The molecular weight excluding hydrogens is 504 g/mol. The van der Waals surface area contributed by atoms with Gasteiger partial charge in [-0.1, -0.05) is 28.1 Å². The first-order valence-electron chi connectivity index (χ1n) is 8.17. The fourth-order valence-corrected chi connectivity index (χ4v) is 6.89. The number of nitrogens with zero attached hydrogens (tertiary/aromatic N) is 1. The molecule has 1 unspecified atom stereocenters. The van der Waals surface area contributed by atoms with Gasteiger partial charge in [-0.3, -0.25) is 4.79 Å². The first kappa shape index (κ1) is 20.0. The van der Waals surface area contributed by atoms with Crippen LogP contribution in [0.15, 0.2) is 48.9 Å². The molecule has 1 aliphatic rings. The molecule has 1 aliphatic heterocycles. The second kappa shape index (κ2) is 8.52. The molecule has 0 bridgehead atoms. The van der Waals surface area contributed by atoms with E-state index in [4.69, 9.17) is 0 Å². The van der Waals surface area contributed by atoms with Gasteiger partial charge in [-0.25, -0.2) is 8.42 Å². The van der Waals surface area contributed by atoms with Crippen molar-refractivity contribution in [1.29, 1.82) is 0 Å². The molecule has 0 saturated carbocycles. The maximum atomic E-state index is 13.3. The third-order valence-electron chi connectivity index (χ3n) is 4.22. The molecule has 3 rings (SSSR count). The lowest BCUT2D eigenvalue weighted by Crippen LogP contribution is -2.48. The van der Waals surface area contributed by atoms with Crippen LogP contribution in [0.4, 0.5) is 0 Å². The lowest BCUT2D eigenvalue weighted by Gasteiger charge is -2.28. The van der Waals surface area contributed by atoms with Crippen LogP contribution in [-0.2, 0) is 21.4 Å². The van der Waals surface area contributed by atoms with E-state index in [9.17, 15) is 13.2 Å². The van der Waals surface area contributed by atoms with Crippen LogP contribution in [0.5, 0.6) is 0 Å². The maximum Gasteiger partial charge on any atom is 0.253 e. The Morgan fingerprint density at radius 2 is 1.85 bits per heavy atom. The van der Waals surface area contributed by atoms with E-state index in [1.54, 1.807) is 12.1 Å². The van der Waals surface area contributed by atoms with Crippen molar-refractivity contribution in [3.63, 3.8) is 0 Å². The molecule has 0 spiro atoms. The summed E-state index contributed by atoms with van der Waals surface area (Å²) in [6.07, 6.45) is 2.19. The largest absolute Gasteiger partial charge is 0.355 e. The summed E-state index contributed by atoms with van der Waals surface area (Å²) in [5.41, 5.74) is 0.837. The fourth-order valence-electron chi connectivity index (χ4n) is 2.88. The van der Waals surface area contributed by atoms with Crippen LogP contribution in [0.3, 0.4) is 0 Å². The van der Waals surface area contributed by atoms with E-state index < -0.39 is 16.1 Å². The predicted molar refractivity (Wildman–Crippen MR) is 110 cm³/mol. The average Bonchev–Trinajstić information content (AvgIpc) is 2.94. The number of carbonyl (C=O) groups excluding carboxylic acids is 1. The third-order valence-corrected chi connectivity index (χ3v) is 8.69. The summed E-state index contributed by atoms with van der Waals surface area (Å²) in [5, 5.41) is 2.84. The Bertz CT molecular complexity index is 882. The fraction of sp³-hybridized carbons (Fsp3) is 0.353. The smallest absolute Gasteiger partial charge is 0.253 e. The molecule has 2 heterocycles. The van der Waals surface area contributed by atoms with Gasteiger partial charge >= 0.3 is 0 Å². The topological polar surface area (TPSA) is 66.5 Å². The Morgan fingerprint density at radius 1 is 1.12 bits per heavy atom. The number of carbonyl (C=O) groups is 1. The summed E-state index contributed by atoms with van der Waals surface area (Å²) < 4.78 is 29.8. The molecule has 1 aromatic heterocycles. The van der Waals surface area contributed by atoms with E-state index in [1.165, 1.54) is 4.31 Å². The average molecular weight is 522 g/mol. The molecule has 26 heavy (non-hydrogen) atoms. The highest BCUT2D eigenvalue weighted by molar-refractivity contribution is 9.11. The number of benzene rings is 1. The van der Waals surface area contributed by atoms with Crippen LogP contribution in [-0.4, -0.2) is 31.2 Å². The number of thiophene rings is 1. The van der Waals surface area contributed by atoms with Crippen LogP contribution in [0.2, 0.25) is 0 Å². The van der Waals surface area contributed by atoms with Crippen molar-refractivity contribution >= 4 is 59.1 Å². The second-order valence-corrected chi connectivity index (χ2v) is 11.5. The van der Waals surface area contributed by atoms with Crippen molar-refractivity contribution in [1.82, 2.24) is 9.62 Å². The monoisotopic (exact) mass is 520 g/mol. The number of rotatable bonds is 5. The highest BCUT2D eigenvalue weighted by atomic mass is 79.9. The second-order valence-electron chi connectivity index (χ2n) is 6.04. The summed E-state index contributed by atoms with van der Waals surface area (Å²) in [7, 11) is -3.79. The van der Waals surface area contributed by atoms with E-state index in [2.05, 4.69) is 37.2 Å². The zero-order valence-corrected chi connectivity index (χ0v) is 18.6. The van der Waals surface area contributed by atoms with Crippen LogP contribution in [0.25, 0.3) is 0 Å². The molecule has 1 N–H and O–H groups in total. The lowest BCUT2D eigenvalue weighted by atomic mass is 10.1. The van der Waals surface area contributed by atoms with Gasteiger partial charge in [0.25, 0.3) is 10.0 Å². The number of amides is 1. The van der Waals surface area contributed by atoms with Gasteiger partial charge in [-0.15, -0.1) is 11.3 Å². The summed E-state index contributed by atoms with van der Waals surface area (Å²) in [6.45, 7) is 0.745. The summed E-state index contributed by atoms with van der Waals surface area (Å²) in [6, 6.07) is 10.1. The minimum absolute atomic E-state index is 0.156. The van der Waals surface area contributed by atoms with E-state index in [0.717, 1.165) is 38.0 Å². The van der Waals surface area contributed by atoms with E-state index in [-0.39, 0.29) is 16.7 Å². The summed E-state index contributed by atoms with van der Waals surface area (Å²) in [4.78, 5) is 12.6. The van der Waals surface area contributed by atoms with Crippen LogP contribution in [0, 0.1) is 0 Å². The van der Waals surface area contributed by atoms with Gasteiger partial charge in [-0.2, -0.15) is 4.31 Å². The summed E-state index contributed by atoms with van der Waals surface area (Å²) >= 11 is 7.86. The Balaban J connectivity index is 2.00. The molecule has 2 aromatic rings. The minimum atomic E-state index is -3.79. The van der Waals surface area contributed by atoms with Gasteiger partial charge in [-0.05, 0) is 65.0 Å². The highest BCUT2D eigenvalue weighted by Crippen LogP contribution is 2.31. The number of hydrogen-bond acceptors (Lipinski definition) is 4. The van der Waals surface area contributed by atoms with Crippen molar-refractivity contribution in [3.05, 3.63) is 50.2 Å². The molecule has 1 amide bonds. The molecule has 1 aromatic carbocycles. The van der Waals surface area contributed by atoms with Crippen molar-refractivity contribution in [2.45, 2.75) is 36.1 Å². The van der Waals surface area contributed by atoms with Crippen LogP contribution in [0.1, 0.15) is 24.8 Å². The Hall–Kier alpha value is -0.740. The van der Waals surface area contributed by atoms with Gasteiger partial charge in [0.05, 0.1) is 3.79 Å². The first-order chi connectivity index (χ1) is 12.4. The molecule has 0 radical (unpaired) electrons. The van der Waals surface area contributed by atoms with Crippen molar-refractivity contribution < 1.29 is 13.2 Å². The molecule has 0 aliphatic carbocycles. The molecule has 1 saturated heterocycles. The third kappa shape index (κ3) is 4.56. The zero-order valence-electron chi connectivity index (χ0n) is 13.8. The first-order valence-corrected chi connectivity index (χ1v) is 12.0. The minimum Gasteiger partial charge on any atom is -0.355 e. The summed E-state index contributed by atoms with van der Waals surface area (Å²) in [5.74, 6) is -0.223. The van der Waals surface area contributed by atoms with E-state index >= 15 is 0 Å². The van der Waals surface area contributed by atoms with Gasteiger partial charge in [0.1, 0.15) is 10.3 Å². The molecule has 140 valence electrons. The maximum absolute atomic E-state index is 13.3. The molecule has 5 nitrogen and oxygen atoms in total. The van der Waals surface area contributed by atoms with E-state index in [1.807, 2.05) is 24.3 Å². The van der Waals surface area contributed by atoms with Gasteiger partial charge in [0.15, 0.2) is 0 Å². The van der Waals surface area contributed by atoms with Crippen LogP contribution >= 0.6 is 43.2 Å². The van der Waals surface area contributed by atoms with Gasteiger partial charge < -0.3 is 5.32 Å². The van der Waals surface area contributed by atoms with E-state index in [0.29, 0.717) is 13.0 Å². The lowest BCUT2D eigenvalue weighted by molar-refractivity contribution is -0.124. The zero-order chi connectivity index (χ0) is 18.7. The number of sulfonamides is 1. The Kier molecular flexibility index (Phi) is 6.55. The highest BCUT2D eigenvalue weighted by Gasteiger charge is 2.37. The van der Waals surface area contributed by atoms with Crippen molar-refractivity contribution in [2.24, 2.45) is 0 Å². The van der Waals surface area contributed by atoms with Crippen LogP contribution < -0.4 is 5.32 Å².